The molecule has 0 atom stereocenters. The minimum atomic E-state index is -0.106. The van der Waals surface area contributed by atoms with Crippen molar-refractivity contribution >= 4 is 12.6 Å². The predicted molar refractivity (Wildman–Crippen MR) is 90.9 cm³/mol. The number of methoxy groups -OCH3 is 3. The number of rotatable bonds is 7. The monoisotopic (exact) mass is 348 g/mol. The molecule has 0 saturated carbocycles. The molecule has 0 unspecified atom stereocenters. The van der Waals surface area contributed by atoms with E-state index in [1.165, 1.54) is 27.4 Å². The summed E-state index contributed by atoms with van der Waals surface area (Å²) in [6, 6.07) is 9.84. The van der Waals surface area contributed by atoms with Crippen molar-refractivity contribution in [1.82, 2.24) is 0 Å². The summed E-state index contributed by atoms with van der Waals surface area (Å²) in [5, 5.41) is 9.23. The second-order valence-electron chi connectivity index (χ2n) is 4.56. The number of carbonyl (C=O) groups excluding carboxylic acids is 2. The first-order valence-electron chi connectivity index (χ1n) is 7.17. The van der Waals surface area contributed by atoms with Crippen molar-refractivity contribution in [3.05, 3.63) is 47.5 Å². The maximum absolute atomic E-state index is 10.7. The molecule has 0 amide bonds. The summed E-state index contributed by atoms with van der Waals surface area (Å²) >= 11 is 0. The van der Waals surface area contributed by atoms with Gasteiger partial charge in [-0.15, -0.1) is 0 Å². The van der Waals surface area contributed by atoms with Crippen LogP contribution in [-0.4, -0.2) is 45.8 Å². The molecular weight excluding hydrogens is 328 g/mol. The number of hydrogen-bond acceptors (Lipinski definition) is 7. The molecule has 1 N–H and O–H groups in total. The predicted octanol–water partition coefficient (Wildman–Crippen LogP) is 2.70. The first-order valence-corrected chi connectivity index (χ1v) is 7.17. The van der Waals surface area contributed by atoms with Gasteiger partial charge in [0.1, 0.15) is 0 Å². The van der Waals surface area contributed by atoms with Crippen LogP contribution in [0.3, 0.4) is 0 Å². The number of aldehydes is 2. The Balaban J connectivity index is 0.000000257. The Morgan fingerprint density at radius 1 is 0.880 bits per heavy atom. The quantitative estimate of drug-likeness (QED) is 0.607. The number of benzene rings is 2. The van der Waals surface area contributed by atoms with Crippen molar-refractivity contribution in [3.8, 4) is 23.0 Å². The van der Waals surface area contributed by atoms with Crippen LogP contribution in [0, 0.1) is 0 Å². The van der Waals surface area contributed by atoms with Gasteiger partial charge in [0.05, 0.1) is 25.3 Å². The van der Waals surface area contributed by atoms with E-state index in [0.29, 0.717) is 35.4 Å². The van der Waals surface area contributed by atoms with Crippen molar-refractivity contribution in [1.29, 1.82) is 0 Å². The molecule has 0 aromatic heterocycles. The van der Waals surface area contributed by atoms with E-state index >= 15 is 0 Å². The number of phenols is 1. The number of hydrogen-bond donors (Lipinski definition) is 1. The van der Waals surface area contributed by atoms with E-state index in [9.17, 15) is 14.7 Å². The van der Waals surface area contributed by atoms with E-state index < -0.39 is 0 Å². The van der Waals surface area contributed by atoms with Crippen LogP contribution in [0.25, 0.3) is 0 Å². The van der Waals surface area contributed by atoms with Gasteiger partial charge in [-0.05, 0) is 24.3 Å². The molecule has 7 heteroatoms. The van der Waals surface area contributed by atoms with Crippen molar-refractivity contribution in [2.24, 2.45) is 0 Å². The molecule has 134 valence electrons. The highest BCUT2D eigenvalue weighted by atomic mass is 16.7. The Kier molecular flexibility index (Phi) is 8.53. The molecule has 0 saturated heterocycles. The zero-order valence-corrected chi connectivity index (χ0v) is 14.2. The lowest BCUT2D eigenvalue weighted by atomic mass is 10.2. The average Bonchev–Trinajstić information content (AvgIpc) is 2.66. The van der Waals surface area contributed by atoms with E-state index in [4.69, 9.17) is 18.9 Å². The molecule has 0 spiro atoms. The standard InChI is InChI=1S/C10H12O4.C8H8O3/c1-12-7-14-10-8(6-11)4-3-5-9(10)13-2;1-11-7-4-2-3-6(5-9)8(7)10/h3-6H,7H2,1-2H3;2-5,10H,1H3. The van der Waals surface area contributed by atoms with Gasteiger partial charge >= 0.3 is 0 Å². The number of phenolic OH excluding ortho intramolecular Hbond substituents is 1. The van der Waals surface area contributed by atoms with Crippen molar-refractivity contribution in [3.63, 3.8) is 0 Å². The topological polar surface area (TPSA) is 91.3 Å². The second-order valence-corrected chi connectivity index (χ2v) is 4.56. The molecule has 2 aromatic carbocycles. The third-order valence-electron chi connectivity index (χ3n) is 3.05. The lowest BCUT2D eigenvalue weighted by Gasteiger charge is -2.11. The Morgan fingerprint density at radius 2 is 1.44 bits per heavy atom. The second kappa shape index (κ2) is 10.7. The fourth-order valence-electron chi connectivity index (χ4n) is 1.86. The zero-order chi connectivity index (χ0) is 18.7. The Bertz CT molecular complexity index is 698. The summed E-state index contributed by atoms with van der Waals surface area (Å²) in [7, 11) is 4.46. The van der Waals surface area contributed by atoms with Crippen molar-refractivity contribution < 1.29 is 33.6 Å². The molecule has 0 heterocycles. The Labute approximate surface area is 145 Å². The smallest absolute Gasteiger partial charge is 0.188 e. The highest BCUT2D eigenvalue weighted by molar-refractivity contribution is 5.81. The molecule has 0 aliphatic heterocycles. The molecule has 2 aromatic rings. The van der Waals surface area contributed by atoms with Gasteiger partial charge in [-0.25, -0.2) is 0 Å². The minimum Gasteiger partial charge on any atom is -0.504 e. The van der Waals surface area contributed by atoms with Crippen LogP contribution in [0.15, 0.2) is 36.4 Å². The maximum atomic E-state index is 10.7. The van der Waals surface area contributed by atoms with E-state index in [1.807, 2.05) is 0 Å². The average molecular weight is 348 g/mol. The summed E-state index contributed by atoms with van der Waals surface area (Å²) < 4.78 is 19.8. The number of para-hydroxylation sites is 2. The summed E-state index contributed by atoms with van der Waals surface area (Å²) in [4.78, 5) is 21.0. The summed E-state index contributed by atoms with van der Waals surface area (Å²) in [6.45, 7) is 0.0845. The highest BCUT2D eigenvalue weighted by Gasteiger charge is 2.09. The van der Waals surface area contributed by atoms with Gasteiger partial charge in [-0.3, -0.25) is 9.59 Å². The number of ether oxygens (including phenoxy) is 4. The molecule has 0 aliphatic rings. The SMILES string of the molecule is COCOc1c(C=O)cccc1OC.COc1cccc(C=O)c1O. The molecule has 0 aliphatic carbocycles. The van der Waals surface area contributed by atoms with Gasteiger partial charge in [0.15, 0.2) is 42.4 Å². The molecule has 2 rings (SSSR count). The van der Waals surface area contributed by atoms with Crippen LogP contribution in [0.2, 0.25) is 0 Å². The first kappa shape index (κ1) is 20.0. The summed E-state index contributed by atoms with van der Waals surface area (Å²) in [5.74, 6) is 1.14. The summed E-state index contributed by atoms with van der Waals surface area (Å²) in [5.41, 5.74) is 0.686. The molecule has 0 fully saturated rings. The summed E-state index contributed by atoms with van der Waals surface area (Å²) in [6.07, 6.45) is 1.30. The maximum Gasteiger partial charge on any atom is 0.188 e. The molecule has 0 bridgehead atoms. The fourth-order valence-corrected chi connectivity index (χ4v) is 1.86. The number of carbonyl (C=O) groups is 2. The van der Waals surface area contributed by atoms with Gasteiger partial charge in [0, 0.05) is 7.11 Å². The molecular formula is C18H20O7. The van der Waals surface area contributed by atoms with Gasteiger partial charge in [0.2, 0.25) is 0 Å². The largest absolute Gasteiger partial charge is 0.504 e. The fraction of sp³-hybridized carbons (Fsp3) is 0.222. The third kappa shape index (κ3) is 5.50. The molecule has 7 nitrogen and oxygen atoms in total. The van der Waals surface area contributed by atoms with Gasteiger partial charge in [-0.2, -0.15) is 0 Å². The van der Waals surface area contributed by atoms with Crippen LogP contribution in [0.1, 0.15) is 20.7 Å². The van der Waals surface area contributed by atoms with E-state index in [0.717, 1.165) is 0 Å². The van der Waals surface area contributed by atoms with E-state index in [2.05, 4.69) is 0 Å². The van der Waals surface area contributed by atoms with Gasteiger partial charge in [0.25, 0.3) is 0 Å². The van der Waals surface area contributed by atoms with Crippen LogP contribution in [0.4, 0.5) is 0 Å². The van der Waals surface area contributed by atoms with Crippen molar-refractivity contribution in [2.45, 2.75) is 0 Å². The van der Waals surface area contributed by atoms with Crippen LogP contribution in [-0.2, 0) is 4.74 Å². The van der Waals surface area contributed by atoms with Gasteiger partial charge < -0.3 is 24.1 Å². The number of aromatic hydroxyl groups is 1. The normalized spacial score (nSPS) is 9.40. The first-order chi connectivity index (χ1) is 12.1. The highest BCUT2D eigenvalue weighted by Crippen LogP contribution is 2.30. The Hall–Kier alpha value is -3.06. The Morgan fingerprint density at radius 3 is 1.96 bits per heavy atom. The van der Waals surface area contributed by atoms with E-state index in [1.54, 1.807) is 30.3 Å². The minimum absolute atomic E-state index is 0.0845. The van der Waals surface area contributed by atoms with Crippen LogP contribution in [0.5, 0.6) is 23.0 Å². The lowest BCUT2D eigenvalue weighted by Crippen LogP contribution is -2.03. The lowest BCUT2D eigenvalue weighted by molar-refractivity contribution is 0.0485. The molecule has 0 radical (unpaired) electrons. The van der Waals surface area contributed by atoms with E-state index in [-0.39, 0.29) is 18.1 Å². The van der Waals surface area contributed by atoms with Gasteiger partial charge in [-0.1, -0.05) is 12.1 Å². The molecule has 25 heavy (non-hydrogen) atoms. The van der Waals surface area contributed by atoms with Crippen LogP contribution < -0.4 is 14.2 Å². The van der Waals surface area contributed by atoms with Crippen LogP contribution >= 0.6 is 0 Å². The third-order valence-corrected chi connectivity index (χ3v) is 3.05. The zero-order valence-electron chi connectivity index (χ0n) is 14.2. The van der Waals surface area contributed by atoms with Crippen molar-refractivity contribution in [2.75, 3.05) is 28.1 Å².